The van der Waals surface area contributed by atoms with E-state index in [-0.39, 0.29) is 6.61 Å². The zero-order valence-corrected chi connectivity index (χ0v) is 17.6. The van der Waals surface area contributed by atoms with E-state index >= 15 is 0 Å². The van der Waals surface area contributed by atoms with E-state index in [9.17, 15) is 10.2 Å². The fourth-order valence-electron chi connectivity index (χ4n) is 4.43. The summed E-state index contributed by atoms with van der Waals surface area (Å²) < 4.78 is 17.9. The van der Waals surface area contributed by atoms with Gasteiger partial charge in [0.25, 0.3) is 0 Å². The lowest BCUT2D eigenvalue weighted by Gasteiger charge is -2.38. The van der Waals surface area contributed by atoms with Crippen LogP contribution in [0, 0.1) is 6.92 Å². The smallest absolute Gasteiger partial charge is 0.227 e. The van der Waals surface area contributed by atoms with Crippen LogP contribution in [0.1, 0.15) is 42.7 Å². The molecule has 1 spiro atoms. The van der Waals surface area contributed by atoms with Gasteiger partial charge < -0.3 is 24.1 Å². The minimum absolute atomic E-state index is 0.0131. The van der Waals surface area contributed by atoms with Crippen molar-refractivity contribution < 1.29 is 24.1 Å². The quantitative estimate of drug-likeness (QED) is 0.653. The largest absolute Gasteiger partial charge is 0.437 e. The molecule has 162 valence electrons. The molecule has 0 radical (unpaired) electrons. The highest BCUT2D eigenvalue weighted by Crippen LogP contribution is 2.46. The van der Waals surface area contributed by atoms with Crippen LogP contribution >= 0.6 is 0 Å². The Balaban J connectivity index is 1.53. The molecule has 2 aliphatic rings. The molecule has 1 aliphatic carbocycles. The molecule has 0 unspecified atom stereocenters. The predicted molar refractivity (Wildman–Crippen MR) is 115 cm³/mol. The average Bonchev–Trinajstić information content (AvgIpc) is 3.45. The van der Waals surface area contributed by atoms with Crippen molar-refractivity contribution in [3.05, 3.63) is 65.5 Å². The number of aromatic nitrogens is 1. The van der Waals surface area contributed by atoms with Gasteiger partial charge in [-0.15, -0.1) is 0 Å². The summed E-state index contributed by atoms with van der Waals surface area (Å²) in [4.78, 5) is 4.78. The van der Waals surface area contributed by atoms with Gasteiger partial charge in [-0.3, -0.25) is 0 Å². The summed E-state index contributed by atoms with van der Waals surface area (Å²) in [5.74, 6) is 0.396. The number of aliphatic hydroxyl groups is 2. The molecule has 1 aromatic heterocycles. The van der Waals surface area contributed by atoms with Crippen molar-refractivity contribution in [3.8, 4) is 22.6 Å². The number of ether oxygens (including phenoxy) is 2. The van der Waals surface area contributed by atoms with Gasteiger partial charge in [0, 0.05) is 24.0 Å². The molecule has 0 atom stereocenters. The van der Waals surface area contributed by atoms with Gasteiger partial charge in [-0.25, -0.2) is 4.98 Å². The number of benzene rings is 2. The highest BCUT2D eigenvalue weighted by molar-refractivity contribution is 5.77. The summed E-state index contributed by atoms with van der Waals surface area (Å²) in [5, 5.41) is 20.8. The lowest BCUT2D eigenvalue weighted by Crippen LogP contribution is -2.42. The molecule has 1 aliphatic heterocycles. The Morgan fingerprint density at radius 2 is 1.48 bits per heavy atom. The molecule has 3 aromatic rings. The molecule has 2 heterocycles. The normalized spacial score (nSPS) is 19.7. The number of aliphatic hydroxyl groups excluding tert-OH is 1. The predicted octanol–water partition coefficient (Wildman–Crippen LogP) is 4.31. The molecular weight excluding hydrogens is 394 g/mol. The Labute approximate surface area is 181 Å². The molecule has 5 rings (SSSR count). The maximum Gasteiger partial charge on any atom is 0.227 e. The third-order valence-electron chi connectivity index (χ3n) is 6.40. The summed E-state index contributed by atoms with van der Waals surface area (Å²) in [7, 11) is 0. The topological polar surface area (TPSA) is 85.0 Å². The van der Waals surface area contributed by atoms with Crippen LogP contribution in [0.25, 0.3) is 22.6 Å². The van der Waals surface area contributed by atoms with Gasteiger partial charge in [0.05, 0.1) is 19.8 Å². The Morgan fingerprint density at radius 1 is 0.871 bits per heavy atom. The van der Waals surface area contributed by atoms with Gasteiger partial charge in [0.1, 0.15) is 11.3 Å². The third kappa shape index (κ3) is 3.81. The van der Waals surface area contributed by atoms with Crippen molar-refractivity contribution in [1.82, 2.24) is 4.98 Å². The summed E-state index contributed by atoms with van der Waals surface area (Å²) in [5.41, 5.74) is 3.29. The van der Waals surface area contributed by atoms with E-state index in [1.54, 1.807) is 0 Å². The summed E-state index contributed by atoms with van der Waals surface area (Å²) in [6.45, 7) is 3.23. The Bertz CT molecular complexity index is 1040. The highest BCUT2D eigenvalue weighted by Gasteiger charge is 2.48. The number of oxazole rings is 1. The molecule has 2 fully saturated rings. The van der Waals surface area contributed by atoms with E-state index in [2.05, 4.69) is 0 Å². The van der Waals surface area contributed by atoms with Crippen LogP contribution < -0.4 is 0 Å². The fourth-order valence-corrected chi connectivity index (χ4v) is 4.43. The first-order chi connectivity index (χ1) is 15.0. The van der Waals surface area contributed by atoms with Crippen molar-refractivity contribution in [2.75, 3.05) is 13.2 Å². The van der Waals surface area contributed by atoms with Crippen molar-refractivity contribution in [2.24, 2.45) is 0 Å². The number of hydrogen-bond donors (Lipinski definition) is 2. The van der Waals surface area contributed by atoms with Gasteiger partial charge in [-0.05, 0) is 25.3 Å². The second kappa shape index (κ2) is 7.88. The summed E-state index contributed by atoms with van der Waals surface area (Å²) in [6.07, 6.45) is 2.13. The van der Waals surface area contributed by atoms with Crippen LogP contribution in [0.4, 0.5) is 0 Å². The molecule has 31 heavy (non-hydrogen) atoms. The van der Waals surface area contributed by atoms with E-state index in [1.807, 2.05) is 55.5 Å². The maximum absolute atomic E-state index is 11.4. The Hall–Kier alpha value is -2.51. The Kier molecular flexibility index (Phi) is 5.18. The standard InChI is InChI=1S/C25H27NO5/c1-17-2-6-20(7-3-17)22-21(19-8-4-18(16-27)5-9-19)26-23(31-22)24(28)10-12-25(13-11-24)29-14-15-30-25/h2-9,27-28H,10-16H2,1H3. The monoisotopic (exact) mass is 421 g/mol. The fraction of sp³-hybridized carbons (Fsp3) is 0.400. The first-order valence-corrected chi connectivity index (χ1v) is 10.8. The zero-order chi connectivity index (χ0) is 21.5. The maximum atomic E-state index is 11.4. The first kappa shape index (κ1) is 20.4. The van der Waals surface area contributed by atoms with Gasteiger partial charge in [0.15, 0.2) is 11.5 Å². The van der Waals surface area contributed by atoms with Crippen molar-refractivity contribution in [1.29, 1.82) is 0 Å². The third-order valence-corrected chi connectivity index (χ3v) is 6.40. The summed E-state index contributed by atoms with van der Waals surface area (Å²) >= 11 is 0. The van der Waals surface area contributed by atoms with Crippen molar-refractivity contribution >= 4 is 0 Å². The first-order valence-electron chi connectivity index (χ1n) is 10.8. The van der Waals surface area contributed by atoms with Crippen LogP contribution in [-0.4, -0.2) is 34.2 Å². The zero-order valence-electron chi connectivity index (χ0n) is 17.6. The average molecular weight is 421 g/mol. The van der Waals surface area contributed by atoms with Crippen LogP contribution in [0.2, 0.25) is 0 Å². The molecular formula is C25H27NO5. The molecule has 2 aromatic carbocycles. The van der Waals surface area contributed by atoms with E-state index in [1.165, 1.54) is 0 Å². The molecule has 0 amide bonds. The van der Waals surface area contributed by atoms with E-state index < -0.39 is 11.4 Å². The highest BCUT2D eigenvalue weighted by atomic mass is 16.7. The minimum Gasteiger partial charge on any atom is -0.437 e. The van der Waals surface area contributed by atoms with Gasteiger partial charge >= 0.3 is 0 Å². The number of nitrogens with zero attached hydrogens (tertiary/aromatic N) is 1. The Morgan fingerprint density at radius 3 is 2.10 bits per heavy atom. The SMILES string of the molecule is Cc1ccc(-c2oc(C3(O)CCC4(CC3)OCCO4)nc2-c2ccc(CO)cc2)cc1. The number of hydrogen-bond acceptors (Lipinski definition) is 6. The molecule has 1 saturated carbocycles. The second-order valence-corrected chi connectivity index (χ2v) is 8.56. The molecule has 1 saturated heterocycles. The van der Waals surface area contributed by atoms with E-state index in [0.29, 0.717) is 56.2 Å². The lowest BCUT2D eigenvalue weighted by atomic mass is 9.81. The van der Waals surface area contributed by atoms with Gasteiger partial charge in [-0.2, -0.15) is 0 Å². The van der Waals surface area contributed by atoms with E-state index in [0.717, 1.165) is 22.3 Å². The van der Waals surface area contributed by atoms with Crippen LogP contribution in [0.15, 0.2) is 52.9 Å². The summed E-state index contributed by atoms with van der Waals surface area (Å²) in [6, 6.07) is 15.7. The molecule has 2 N–H and O–H groups in total. The van der Waals surface area contributed by atoms with Gasteiger partial charge in [0.2, 0.25) is 5.89 Å². The number of aryl methyl sites for hydroxylation is 1. The lowest BCUT2D eigenvalue weighted by molar-refractivity contribution is -0.207. The van der Waals surface area contributed by atoms with E-state index in [4.69, 9.17) is 18.9 Å². The second-order valence-electron chi connectivity index (χ2n) is 8.56. The van der Waals surface area contributed by atoms with Gasteiger partial charge in [-0.1, -0.05) is 54.1 Å². The van der Waals surface area contributed by atoms with Crippen molar-refractivity contribution in [3.63, 3.8) is 0 Å². The van der Waals surface area contributed by atoms with Crippen LogP contribution in [0.5, 0.6) is 0 Å². The van der Waals surface area contributed by atoms with Crippen molar-refractivity contribution in [2.45, 2.75) is 50.6 Å². The molecule has 6 heteroatoms. The molecule has 6 nitrogen and oxygen atoms in total. The minimum atomic E-state index is -1.16. The molecule has 0 bridgehead atoms. The van der Waals surface area contributed by atoms with Crippen LogP contribution in [0.3, 0.4) is 0 Å². The number of rotatable bonds is 4. The van der Waals surface area contributed by atoms with Crippen LogP contribution in [-0.2, 0) is 21.7 Å².